The average Bonchev–Trinajstić information content (AvgIpc) is 2.44. The molecule has 0 amide bonds. The maximum atomic E-state index is 12.3. The highest BCUT2D eigenvalue weighted by atomic mass is 79.9. The van der Waals surface area contributed by atoms with Crippen molar-refractivity contribution < 1.29 is 9.53 Å². The van der Waals surface area contributed by atoms with E-state index in [9.17, 15) is 4.79 Å². The minimum Gasteiger partial charge on any atom is -0.485 e. The Morgan fingerprint density at radius 1 is 0.952 bits per heavy atom. The zero-order valence-electron chi connectivity index (χ0n) is 12.8. The molecule has 21 heavy (non-hydrogen) atoms. The predicted molar refractivity (Wildman–Crippen MR) is 89.4 cm³/mol. The van der Waals surface area contributed by atoms with Gasteiger partial charge in [-0.3, -0.25) is 4.79 Å². The van der Waals surface area contributed by atoms with Gasteiger partial charge >= 0.3 is 0 Å². The quantitative estimate of drug-likeness (QED) is 0.732. The van der Waals surface area contributed by atoms with Gasteiger partial charge in [-0.05, 0) is 74.2 Å². The van der Waals surface area contributed by atoms with Gasteiger partial charge in [-0.25, -0.2) is 0 Å². The largest absolute Gasteiger partial charge is 0.485 e. The number of carbonyl (C=O) groups is 1. The fourth-order valence-corrected chi connectivity index (χ4v) is 2.44. The summed E-state index contributed by atoms with van der Waals surface area (Å²) in [5.74, 6) is 0.724. The molecule has 0 fully saturated rings. The Hall–Kier alpha value is -1.61. The van der Waals surface area contributed by atoms with Gasteiger partial charge in [0.1, 0.15) is 5.75 Å². The zero-order chi connectivity index (χ0) is 15.6. The standard InChI is InChI=1S/C18H19BrO2/c1-11-7-13(3)16(9-12(11)2)18(20)10-21-15-5-6-17(19)14(4)8-15/h5-9H,10H2,1-4H3. The lowest BCUT2D eigenvalue weighted by Gasteiger charge is -2.11. The number of Topliss-reactive ketones (excluding diaryl/α,β-unsaturated/α-hetero) is 1. The SMILES string of the molecule is Cc1cc(C)c(C(=O)COc2ccc(Br)c(C)c2)cc1C. The van der Waals surface area contributed by atoms with E-state index in [2.05, 4.69) is 22.9 Å². The Morgan fingerprint density at radius 3 is 2.29 bits per heavy atom. The summed E-state index contributed by atoms with van der Waals surface area (Å²) in [6, 6.07) is 9.70. The van der Waals surface area contributed by atoms with E-state index in [1.165, 1.54) is 5.56 Å². The lowest BCUT2D eigenvalue weighted by molar-refractivity contribution is 0.0920. The third-order valence-corrected chi connectivity index (χ3v) is 4.53. The second-order valence-corrected chi connectivity index (χ2v) is 6.23. The van der Waals surface area contributed by atoms with Gasteiger partial charge in [0.25, 0.3) is 0 Å². The van der Waals surface area contributed by atoms with Crippen molar-refractivity contribution in [1.29, 1.82) is 0 Å². The molecule has 0 N–H and O–H groups in total. The first-order valence-corrected chi connectivity index (χ1v) is 7.68. The van der Waals surface area contributed by atoms with E-state index < -0.39 is 0 Å². The van der Waals surface area contributed by atoms with Crippen molar-refractivity contribution in [3.8, 4) is 5.75 Å². The maximum absolute atomic E-state index is 12.3. The Labute approximate surface area is 134 Å². The summed E-state index contributed by atoms with van der Waals surface area (Å²) < 4.78 is 6.65. The van der Waals surface area contributed by atoms with Crippen LogP contribution in [0.1, 0.15) is 32.6 Å². The van der Waals surface area contributed by atoms with Crippen LogP contribution in [0, 0.1) is 27.7 Å². The van der Waals surface area contributed by atoms with Crippen molar-refractivity contribution in [2.75, 3.05) is 6.61 Å². The molecule has 0 atom stereocenters. The summed E-state index contributed by atoms with van der Waals surface area (Å²) in [6.07, 6.45) is 0. The summed E-state index contributed by atoms with van der Waals surface area (Å²) in [4.78, 5) is 12.3. The number of ether oxygens (including phenoxy) is 1. The molecule has 0 spiro atoms. The highest BCUT2D eigenvalue weighted by molar-refractivity contribution is 9.10. The monoisotopic (exact) mass is 346 g/mol. The van der Waals surface area contributed by atoms with E-state index >= 15 is 0 Å². The molecule has 3 heteroatoms. The van der Waals surface area contributed by atoms with E-state index in [4.69, 9.17) is 4.74 Å². The van der Waals surface area contributed by atoms with Crippen LogP contribution in [0.4, 0.5) is 0 Å². The molecule has 0 bridgehead atoms. The summed E-state index contributed by atoms with van der Waals surface area (Å²) in [5, 5.41) is 0. The summed E-state index contributed by atoms with van der Waals surface area (Å²) in [7, 11) is 0. The third kappa shape index (κ3) is 3.73. The van der Waals surface area contributed by atoms with E-state index in [-0.39, 0.29) is 12.4 Å². The van der Waals surface area contributed by atoms with Crippen molar-refractivity contribution in [3.05, 3.63) is 62.6 Å². The second kappa shape index (κ2) is 6.44. The van der Waals surface area contributed by atoms with Crippen LogP contribution in [-0.2, 0) is 0 Å². The fourth-order valence-electron chi connectivity index (χ4n) is 2.19. The number of hydrogen-bond acceptors (Lipinski definition) is 2. The van der Waals surface area contributed by atoms with Crippen LogP contribution >= 0.6 is 15.9 Å². The van der Waals surface area contributed by atoms with Crippen molar-refractivity contribution in [3.63, 3.8) is 0 Å². The Balaban J connectivity index is 2.11. The number of aryl methyl sites for hydroxylation is 4. The van der Waals surface area contributed by atoms with Gasteiger partial charge in [-0.15, -0.1) is 0 Å². The number of halogens is 1. The Morgan fingerprint density at radius 2 is 1.62 bits per heavy atom. The van der Waals surface area contributed by atoms with E-state index in [0.29, 0.717) is 5.75 Å². The van der Waals surface area contributed by atoms with Gasteiger partial charge in [-0.2, -0.15) is 0 Å². The van der Waals surface area contributed by atoms with Crippen LogP contribution in [0.2, 0.25) is 0 Å². The Kier molecular flexibility index (Phi) is 4.84. The van der Waals surface area contributed by atoms with Crippen LogP contribution in [-0.4, -0.2) is 12.4 Å². The number of rotatable bonds is 4. The molecule has 0 aliphatic carbocycles. The lowest BCUT2D eigenvalue weighted by atomic mass is 9.98. The van der Waals surface area contributed by atoms with Gasteiger partial charge in [0, 0.05) is 10.0 Å². The van der Waals surface area contributed by atoms with Gasteiger partial charge in [0.15, 0.2) is 12.4 Å². The van der Waals surface area contributed by atoms with Crippen LogP contribution in [0.15, 0.2) is 34.8 Å². The molecular weight excluding hydrogens is 328 g/mol. The van der Waals surface area contributed by atoms with E-state index in [0.717, 1.165) is 26.7 Å². The molecule has 0 aromatic heterocycles. The van der Waals surface area contributed by atoms with Gasteiger partial charge < -0.3 is 4.74 Å². The van der Waals surface area contributed by atoms with Gasteiger partial charge in [-0.1, -0.05) is 22.0 Å². The third-order valence-electron chi connectivity index (χ3n) is 3.64. The van der Waals surface area contributed by atoms with Crippen LogP contribution in [0.5, 0.6) is 5.75 Å². The van der Waals surface area contributed by atoms with Crippen molar-refractivity contribution in [2.45, 2.75) is 27.7 Å². The minimum absolute atomic E-state index is 0.0103. The molecule has 2 aromatic carbocycles. The summed E-state index contributed by atoms with van der Waals surface area (Å²) >= 11 is 3.45. The Bertz CT molecular complexity index is 690. The molecule has 0 aliphatic heterocycles. The molecule has 0 unspecified atom stereocenters. The average molecular weight is 347 g/mol. The van der Waals surface area contributed by atoms with Gasteiger partial charge in [0.05, 0.1) is 0 Å². The van der Waals surface area contributed by atoms with Crippen molar-refractivity contribution in [2.24, 2.45) is 0 Å². The molecule has 0 heterocycles. The molecule has 0 saturated carbocycles. The maximum Gasteiger partial charge on any atom is 0.200 e. The number of hydrogen-bond donors (Lipinski definition) is 0. The highest BCUT2D eigenvalue weighted by Gasteiger charge is 2.12. The van der Waals surface area contributed by atoms with E-state index in [1.54, 1.807) is 0 Å². The normalized spacial score (nSPS) is 10.5. The number of carbonyl (C=O) groups excluding carboxylic acids is 1. The molecule has 0 radical (unpaired) electrons. The van der Waals surface area contributed by atoms with Crippen molar-refractivity contribution in [1.82, 2.24) is 0 Å². The molecule has 2 aromatic rings. The molecule has 110 valence electrons. The first-order chi connectivity index (χ1) is 9.88. The number of benzene rings is 2. The molecule has 0 aliphatic rings. The second-order valence-electron chi connectivity index (χ2n) is 5.37. The molecule has 0 saturated heterocycles. The zero-order valence-corrected chi connectivity index (χ0v) is 14.4. The topological polar surface area (TPSA) is 26.3 Å². The van der Waals surface area contributed by atoms with E-state index in [1.807, 2.05) is 51.1 Å². The summed E-state index contributed by atoms with van der Waals surface area (Å²) in [6.45, 7) is 8.09. The minimum atomic E-state index is 0.0103. The first kappa shape index (κ1) is 15.8. The first-order valence-electron chi connectivity index (χ1n) is 6.88. The van der Waals surface area contributed by atoms with Gasteiger partial charge in [0.2, 0.25) is 0 Å². The predicted octanol–water partition coefficient (Wildman–Crippen LogP) is 4.94. The van der Waals surface area contributed by atoms with Crippen LogP contribution in [0.3, 0.4) is 0 Å². The fraction of sp³-hybridized carbons (Fsp3) is 0.278. The number of ketones is 1. The van der Waals surface area contributed by atoms with Crippen molar-refractivity contribution >= 4 is 21.7 Å². The molecule has 2 nitrogen and oxygen atoms in total. The lowest BCUT2D eigenvalue weighted by Crippen LogP contribution is -2.13. The smallest absolute Gasteiger partial charge is 0.200 e. The highest BCUT2D eigenvalue weighted by Crippen LogP contribution is 2.22. The molecule has 2 rings (SSSR count). The van der Waals surface area contributed by atoms with Crippen LogP contribution in [0.25, 0.3) is 0 Å². The summed E-state index contributed by atoms with van der Waals surface area (Å²) in [5.41, 5.74) is 5.16. The molecular formula is C18H19BrO2. The van der Waals surface area contributed by atoms with Crippen LogP contribution < -0.4 is 4.74 Å².